The van der Waals surface area contributed by atoms with Crippen molar-refractivity contribution in [1.82, 2.24) is 16.0 Å². The Morgan fingerprint density at radius 1 is 0.496 bits per heavy atom. The van der Waals surface area contributed by atoms with Gasteiger partial charge in [-0.1, -0.05) is 30.3 Å². The Bertz CT molecular complexity index is 3370. The topological polar surface area (TPSA) is 719 Å². The predicted octanol–water partition coefficient (Wildman–Crippen LogP) is -13.2. The van der Waals surface area contributed by atoms with E-state index in [0.717, 1.165) is 38.2 Å². The zero-order chi connectivity index (χ0) is 83.4. The smallest absolute Gasteiger partial charge is 0.411 e. The molecule has 0 aromatic heterocycles. The summed E-state index contributed by atoms with van der Waals surface area (Å²) in [6.45, 7) is -4.88. The molecule has 26 N–H and O–H groups in total. The number of ether oxygens (including phenoxy) is 13. The average molecular weight is 1630 g/mol. The van der Waals surface area contributed by atoms with Crippen LogP contribution in [0, 0.1) is 0 Å². The zero-order valence-electron chi connectivity index (χ0n) is 60.9. The van der Waals surface area contributed by atoms with E-state index in [9.17, 15) is 141 Å². The van der Waals surface area contributed by atoms with Gasteiger partial charge in [-0.2, -0.15) is 0 Å². The fourth-order valence-corrected chi connectivity index (χ4v) is 13.7. The summed E-state index contributed by atoms with van der Waals surface area (Å²) in [5.74, 6) is -8.74. The van der Waals surface area contributed by atoms with Gasteiger partial charge in [0.1, 0.15) is 171 Å². The molecule has 0 spiro atoms. The first-order chi connectivity index (χ1) is 53.5. The number of aliphatic hydroxyl groups excluding tert-OH is 21. The standard InChI is InChI=1S/C67H101N5O41/c1-24(80)68-40-31(84)14-67(65(98)99,112-58(40)44(89)33(86)16-73)113-59-45(90)35(18-75)102-64(52(59)97)111-55-37(20-77)104-61(42(47(55)92)70-26(3)82)109-57-39(22-79)106-63(51(96)49(57)94)110-54-36(19-76)103-60(41(46(54)91)69-25(2)81)108-56-38(21-78)105-62(50(95)48(56)93)107-53(34(87)17-74)43(88)32(85)15-72(27(4)83)30-12-10-29(11-13-30)71-66(100)101-23-28-8-6-5-7-9-28/h5-13,31-64,73-79,84-97H,14-23H2,1-4H3,(H,68,80)(H,69,81)(H,70,82)(H,71,100)(H,98,99)/t31-,32-,33+,34+,35+,36+,37+,38+,39+,40+,41+,42+,43+,44+,45-,46+,47+,48+,49+,50+,51+,52+,53+,54+,55+,56-,57-,58+,59-,60-,61-,62-,63-,64-,67-/m0/s1. The molecule has 5 amide bonds. The molecule has 8 rings (SSSR count). The van der Waals surface area contributed by atoms with Gasteiger partial charge in [-0.05, 0) is 29.8 Å². The van der Waals surface area contributed by atoms with Gasteiger partial charge in [0.2, 0.25) is 23.6 Å². The van der Waals surface area contributed by atoms with Gasteiger partial charge >= 0.3 is 12.1 Å². The summed E-state index contributed by atoms with van der Waals surface area (Å²) in [5, 5.41) is 253. The number of hydrogen-bond acceptors (Lipinski definition) is 40. The van der Waals surface area contributed by atoms with Crippen LogP contribution in [-0.2, 0) is 92.2 Å². The highest BCUT2D eigenvalue weighted by molar-refractivity contribution is 5.92. The van der Waals surface area contributed by atoms with Gasteiger partial charge in [0.25, 0.3) is 5.79 Å². The molecule has 35 atom stereocenters. The first-order valence-corrected chi connectivity index (χ1v) is 35.6. The highest BCUT2D eigenvalue weighted by Gasteiger charge is 2.62. The summed E-state index contributed by atoms with van der Waals surface area (Å²) < 4.78 is 75.2. The van der Waals surface area contributed by atoms with Crippen molar-refractivity contribution in [2.24, 2.45) is 0 Å². The van der Waals surface area contributed by atoms with Gasteiger partial charge in [-0.3, -0.25) is 24.5 Å². The number of aliphatic carboxylic acids is 1. The van der Waals surface area contributed by atoms with Gasteiger partial charge in [-0.25, -0.2) is 9.59 Å². The lowest BCUT2D eigenvalue weighted by atomic mass is 9.88. The average Bonchev–Trinajstić information content (AvgIpc) is 0.750. The largest absolute Gasteiger partial charge is 0.477 e. The normalized spacial score (nSPS) is 37.8. The van der Waals surface area contributed by atoms with Gasteiger partial charge in [0.15, 0.2) is 31.5 Å². The second kappa shape index (κ2) is 41.2. The van der Waals surface area contributed by atoms with Crippen LogP contribution in [0.5, 0.6) is 0 Å². The molecule has 0 saturated carbocycles. The summed E-state index contributed by atoms with van der Waals surface area (Å²) in [6, 6.07) is 8.87. The third-order valence-electron chi connectivity index (χ3n) is 19.6. The highest BCUT2D eigenvalue weighted by Crippen LogP contribution is 2.41. The quantitative estimate of drug-likeness (QED) is 0.0309. The van der Waals surface area contributed by atoms with Crippen LogP contribution in [0.4, 0.5) is 16.2 Å². The number of carboxylic acid groups (broad SMARTS) is 1. The van der Waals surface area contributed by atoms with Crippen LogP contribution >= 0.6 is 0 Å². The highest BCUT2D eigenvalue weighted by atomic mass is 16.8. The van der Waals surface area contributed by atoms with Gasteiger partial charge in [0.05, 0.1) is 64.9 Å². The first kappa shape index (κ1) is 92.3. The Morgan fingerprint density at radius 2 is 0.929 bits per heavy atom. The molecular formula is C67H101N5O41. The number of rotatable bonds is 34. The minimum atomic E-state index is -3.24. The van der Waals surface area contributed by atoms with Crippen molar-refractivity contribution in [2.45, 2.75) is 255 Å². The molecule has 6 heterocycles. The predicted molar refractivity (Wildman–Crippen MR) is 364 cm³/mol. The van der Waals surface area contributed by atoms with Crippen molar-refractivity contribution >= 4 is 47.1 Å². The lowest BCUT2D eigenvalue weighted by Crippen LogP contribution is -2.71. The van der Waals surface area contributed by atoms with E-state index in [1.165, 1.54) is 24.3 Å². The maximum absolute atomic E-state index is 13.1. The Balaban J connectivity index is 0.920. The number of carbonyl (C=O) groups is 6. The van der Waals surface area contributed by atoms with Crippen molar-refractivity contribution in [1.29, 1.82) is 0 Å². The van der Waals surface area contributed by atoms with Crippen LogP contribution in [0.2, 0.25) is 0 Å². The van der Waals surface area contributed by atoms with E-state index in [1.54, 1.807) is 30.3 Å². The van der Waals surface area contributed by atoms with Crippen LogP contribution in [0.3, 0.4) is 0 Å². The van der Waals surface area contributed by atoms with E-state index >= 15 is 0 Å². The van der Waals surface area contributed by atoms with E-state index < -0.39 is 309 Å². The zero-order valence-corrected chi connectivity index (χ0v) is 60.9. The van der Waals surface area contributed by atoms with Crippen LogP contribution in [0.25, 0.3) is 0 Å². The summed E-state index contributed by atoms with van der Waals surface area (Å²) in [6.07, 6.45) is -67.9. The SMILES string of the molecule is CC(=O)N[C@H]1[C@H](O[C@@H]2[C@H](O)[C@@H](O)[C@H](O[C@@H]([C@H](O)[C@@H](O)CN(C(C)=O)c3ccc(NC(=O)OCc4ccccc4)cc3)[C@H](O)CO)O[C@@H]2CO)O[C@H](CO)[C@@H](O[C@@H]2O[C@H](CO)[C@H](O[C@@H]3O[C@H](CO)[C@@H](O[C@@H]4O[C@H](CO)[C@H](O)[C@H](O[C@]5(C(=O)O)C[C@H](O)[C@@H](NC(C)=O)[C@H]([C@H](O)[C@H](O)CO)O5)[C@H]4O)[C@H](O)[C@H]3NC(C)=O)[C@H](O)[C@H]2O)[C@@H]1O. The minimum Gasteiger partial charge on any atom is -0.477 e. The molecule has 640 valence electrons. The number of carbonyl (C=O) groups excluding carboxylic acids is 5. The second-order valence-corrected chi connectivity index (χ2v) is 27.6. The summed E-state index contributed by atoms with van der Waals surface area (Å²) in [4.78, 5) is 77.3. The molecule has 0 unspecified atom stereocenters. The van der Waals surface area contributed by atoms with Gasteiger partial charge < -0.3 is 195 Å². The molecule has 0 aliphatic carbocycles. The molecule has 6 fully saturated rings. The van der Waals surface area contributed by atoms with E-state index in [2.05, 4.69) is 21.3 Å². The number of anilines is 2. The number of benzene rings is 2. The fraction of sp³-hybridized carbons (Fsp3) is 0.731. The summed E-state index contributed by atoms with van der Waals surface area (Å²) in [7, 11) is 0. The van der Waals surface area contributed by atoms with Crippen molar-refractivity contribution in [3.8, 4) is 0 Å². The minimum absolute atomic E-state index is 0.0338. The number of nitrogens with zero attached hydrogens (tertiary/aromatic N) is 1. The van der Waals surface area contributed by atoms with E-state index in [4.69, 9.17) is 61.6 Å². The van der Waals surface area contributed by atoms with E-state index in [-0.39, 0.29) is 18.0 Å². The Morgan fingerprint density at radius 3 is 1.39 bits per heavy atom. The van der Waals surface area contributed by atoms with Crippen LogP contribution < -0.4 is 26.2 Å². The second-order valence-electron chi connectivity index (χ2n) is 27.6. The fourth-order valence-electron chi connectivity index (χ4n) is 13.7. The Kier molecular flexibility index (Phi) is 33.7. The number of aliphatic hydroxyl groups is 21. The molecule has 0 radical (unpaired) electrons. The third-order valence-corrected chi connectivity index (χ3v) is 19.6. The molecular weight excluding hydrogens is 1530 g/mol. The number of amides is 5. The van der Waals surface area contributed by atoms with Gasteiger partial charge in [-0.15, -0.1) is 0 Å². The molecule has 113 heavy (non-hydrogen) atoms. The maximum Gasteiger partial charge on any atom is 0.411 e. The number of carboxylic acids is 1. The summed E-state index contributed by atoms with van der Waals surface area (Å²) in [5.41, 5.74) is 1.09. The molecule has 6 saturated heterocycles. The van der Waals surface area contributed by atoms with Gasteiger partial charge in [0, 0.05) is 45.5 Å². The van der Waals surface area contributed by atoms with Crippen molar-refractivity contribution in [3.05, 3.63) is 60.2 Å². The Labute approximate surface area is 641 Å². The molecule has 6 aliphatic rings. The summed E-state index contributed by atoms with van der Waals surface area (Å²) >= 11 is 0. The Hall–Kier alpha value is -6.26. The van der Waals surface area contributed by atoms with E-state index in [0.29, 0.717) is 0 Å². The maximum atomic E-state index is 13.1. The molecule has 2 aromatic carbocycles. The lowest BCUT2D eigenvalue weighted by Gasteiger charge is -2.51. The van der Waals surface area contributed by atoms with Crippen molar-refractivity contribution in [3.63, 3.8) is 0 Å². The molecule has 46 nitrogen and oxygen atoms in total. The van der Waals surface area contributed by atoms with Crippen LogP contribution in [0.15, 0.2) is 54.6 Å². The monoisotopic (exact) mass is 1630 g/mol. The van der Waals surface area contributed by atoms with Crippen molar-refractivity contribution in [2.75, 3.05) is 63.0 Å². The molecule has 46 heteroatoms. The van der Waals surface area contributed by atoms with Crippen LogP contribution in [0.1, 0.15) is 39.7 Å². The lowest BCUT2D eigenvalue weighted by molar-refractivity contribution is -0.390. The van der Waals surface area contributed by atoms with Crippen molar-refractivity contribution < 1.29 is 203 Å². The molecule has 2 aromatic rings. The number of hydrogen-bond donors (Lipinski definition) is 26. The molecule has 0 bridgehead atoms. The number of nitrogens with one attached hydrogen (secondary N) is 4. The molecule has 6 aliphatic heterocycles. The van der Waals surface area contributed by atoms with E-state index in [1.807, 2.05) is 0 Å². The third kappa shape index (κ3) is 21.9. The van der Waals surface area contributed by atoms with Crippen LogP contribution in [-0.4, -0.2) is 415 Å². The first-order valence-electron chi connectivity index (χ1n) is 35.6.